The molecule has 17 heavy (non-hydrogen) atoms. The number of carboxylic acid groups (broad SMARTS) is 1. The van der Waals surface area contributed by atoms with Crippen LogP contribution < -0.4 is 5.32 Å². The Morgan fingerprint density at radius 3 is 2.24 bits per heavy atom. The highest BCUT2D eigenvalue weighted by Gasteiger charge is 2.03. The van der Waals surface area contributed by atoms with E-state index in [0.29, 0.717) is 6.61 Å². The second-order valence-corrected chi connectivity index (χ2v) is 4.00. The van der Waals surface area contributed by atoms with Crippen molar-refractivity contribution in [2.75, 3.05) is 13.2 Å². The van der Waals surface area contributed by atoms with Crippen LogP contribution in [-0.2, 0) is 9.53 Å². The first-order chi connectivity index (χ1) is 8.16. The Balaban J connectivity index is 3.16. The number of aliphatic carboxylic acids is 1. The van der Waals surface area contributed by atoms with E-state index in [0.717, 1.165) is 12.8 Å². The van der Waals surface area contributed by atoms with Crippen LogP contribution in [0.1, 0.15) is 51.9 Å². The van der Waals surface area contributed by atoms with Gasteiger partial charge in [0.25, 0.3) is 0 Å². The fourth-order valence-corrected chi connectivity index (χ4v) is 1.42. The zero-order chi connectivity index (χ0) is 12.9. The number of ether oxygens (including phenoxy) is 1. The van der Waals surface area contributed by atoms with Crippen molar-refractivity contribution >= 4 is 12.1 Å². The molecule has 0 saturated carbocycles. The van der Waals surface area contributed by atoms with Gasteiger partial charge < -0.3 is 15.2 Å². The van der Waals surface area contributed by atoms with Crippen LogP contribution in [0.4, 0.5) is 4.79 Å². The Morgan fingerprint density at radius 2 is 1.65 bits per heavy atom. The predicted octanol–water partition coefficient (Wildman–Crippen LogP) is 2.55. The van der Waals surface area contributed by atoms with Crippen LogP contribution in [0.5, 0.6) is 0 Å². The lowest BCUT2D eigenvalue weighted by atomic mass is 10.1. The van der Waals surface area contributed by atoms with Gasteiger partial charge in [-0.25, -0.2) is 4.79 Å². The number of alkyl carbamates (subject to hydrolysis) is 1. The maximum Gasteiger partial charge on any atom is 0.407 e. The topological polar surface area (TPSA) is 75.6 Å². The lowest BCUT2D eigenvalue weighted by Crippen LogP contribution is -2.30. The summed E-state index contributed by atoms with van der Waals surface area (Å²) in [5.41, 5.74) is 0. The monoisotopic (exact) mass is 245 g/mol. The SMILES string of the molecule is CCCCCCCCCOC(=O)NCC(=O)O. The fourth-order valence-electron chi connectivity index (χ4n) is 1.42. The van der Waals surface area contributed by atoms with Gasteiger partial charge in [-0.05, 0) is 6.42 Å². The molecule has 0 spiro atoms. The van der Waals surface area contributed by atoms with Crippen LogP contribution >= 0.6 is 0 Å². The summed E-state index contributed by atoms with van der Waals surface area (Å²) in [6.07, 6.45) is 7.44. The van der Waals surface area contributed by atoms with Gasteiger partial charge in [0.1, 0.15) is 6.54 Å². The van der Waals surface area contributed by atoms with Crippen LogP contribution in [0.25, 0.3) is 0 Å². The first kappa shape index (κ1) is 15.7. The smallest absolute Gasteiger partial charge is 0.407 e. The van der Waals surface area contributed by atoms with Crippen molar-refractivity contribution < 1.29 is 19.4 Å². The van der Waals surface area contributed by atoms with Crippen molar-refractivity contribution in [3.05, 3.63) is 0 Å². The summed E-state index contributed by atoms with van der Waals surface area (Å²) in [4.78, 5) is 21.1. The lowest BCUT2D eigenvalue weighted by Gasteiger charge is -2.05. The van der Waals surface area contributed by atoms with Gasteiger partial charge in [0.15, 0.2) is 0 Å². The van der Waals surface area contributed by atoms with E-state index in [9.17, 15) is 9.59 Å². The molecule has 0 saturated heterocycles. The molecule has 2 N–H and O–H groups in total. The van der Waals surface area contributed by atoms with E-state index >= 15 is 0 Å². The summed E-state index contributed by atoms with van der Waals surface area (Å²) < 4.78 is 4.81. The minimum Gasteiger partial charge on any atom is -0.480 e. The third-order valence-corrected chi connectivity index (χ3v) is 2.36. The fraction of sp³-hybridized carbons (Fsp3) is 0.833. The number of carbonyl (C=O) groups excluding carboxylic acids is 1. The number of amides is 1. The Bertz CT molecular complexity index is 219. The molecule has 0 radical (unpaired) electrons. The summed E-state index contributed by atoms with van der Waals surface area (Å²) in [5, 5.41) is 10.4. The van der Waals surface area contributed by atoms with Crippen molar-refractivity contribution in [1.82, 2.24) is 5.32 Å². The molecule has 100 valence electrons. The Kier molecular flexibility index (Phi) is 10.4. The Hall–Kier alpha value is -1.26. The first-order valence-electron chi connectivity index (χ1n) is 6.29. The highest BCUT2D eigenvalue weighted by Crippen LogP contribution is 2.06. The molecule has 5 nitrogen and oxygen atoms in total. The minimum absolute atomic E-state index is 0.360. The minimum atomic E-state index is -1.07. The summed E-state index contributed by atoms with van der Waals surface area (Å²) in [7, 11) is 0. The van der Waals surface area contributed by atoms with Gasteiger partial charge in [0, 0.05) is 0 Å². The van der Waals surface area contributed by atoms with Crippen LogP contribution in [-0.4, -0.2) is 30.3 Å². The van der Waals surface area contributed by atoms with Gasteiger partial charge in [0.2, 0.25) is 0 Å². The zero-order valence-corrected chi connectivity index (χ0v) is 10.5. The van der Waals surface area contributed by atoms with Gasteiger partial charge in [0.05, 0.1) is 6.61 Å². The standard InChI is InChI=1S/C12H23NO4/c1-2-3-4-5-6-7-8-9-17-12(16)13-10-11(14)15/h2-10H2,1H3,(H,13,16)(H,14,15). The van der Waals surface area contributed by atoms with E-state index < -0.39 is 18.6 Å². The highest BCUT2D eigenvalue weighted by atomic mass is 16.5. The van der Waals surface area contributed by atoms with Gasteiger partial charge in [-0.15, -0.1) is 0 Å². The first-order valence-corrected chi connectivity index (χ1v) is 6.29. The number of carboxylic acids is 1. The van der Waals surface area contributed by atoms with Gasteiger partial charge >= 0.3 is 12.1 Å². The molecule has 5 heteroatoms. The Morgan fingerprint density at radius 1 is 1.06 bits per heavy atom. The van der Waals surface area contributed by atoms with Crippen LogP contribution in [0, 0.1) is 0 Å². The maximum atomic E-state index is 10.9. The largest absolute Gasteiger partial charge is 0.480 e. The number of rotatable bonds is 10. The lowest BCUT2D eigenvalue weighted by molar-refractivity contribution is -0.135. The van der Waals surface area contributed by atoms with Crippen LogP contribution in [0.15, 0.2) is 0 Å². The van der Waals surface area contributed by atoms with E-state index in [2.05, 4.69) is 12.2 Å². The third-order valence-electron chi connectivity index (χ3n) is 2.36. The average Bonchev–Trinajstić information content (AvgIpc) is 2.30. The van der Waals surface area contributed by atoms with Crippen LogP contribution in [0.2, 0.25) is 0 Å². The molecule has 0 aromatic heterocycles. The molecule has 0 aromatic carbocycles. The Labute approximate surface area is 103 Å². The molecular weight excluding hydrogens is 222 g/mol. The molecule has 0 bridgehead atoms. The maximum absolute atomic E-state index is 10.9. The molecule has 0 atom stereocenters. The summed E-state index contributed by atoms with van der Waals surface area (Å²) in [5.74, 6) is -1.07. The number of carbonyl (C=O) groups is 2. The van der Waals surface area contributed by atoms with E-state index in [4.69, 9.17) is 9.84 Å². The van der Waals surface area contributed by atoms with E-state index in [1.807, 2.05) is 0 Å². The van der Waals surface area contributed by atoms with Crippen molar-refractivity contribution in [2.24, 2.45) is 0 Å². The second-order valence-electron chi connectivity index (χ2n) is 4.00. The molecule has 0 aliphatic heterocycles. The van der Waals surface area contributed by atoms with E-state index in [-0.39, 0.29) is 0 Å². The average molecular weight is 245 g/mol. The van der Waals surface area contributed by atoms with Crippen molar-refractivity contribution in [1.29, 1.82) is 0 Å². The molecule has 0 rings (SSSR count). The molecule has 0 heterocycles. The number of nitrogens with one attached hydrogen (secondary N) is 1. The van der Waals surface area contributed by atoms with Gasteiger partial charge in [-0.3, -0.25) is 4.79 Å². The highest BCUT2D eigenvalue weighted by molar-refractivity contribution is 5.76. The van der Waals surface area contributed by atoms with Crippen LogP contribution in [0.3, 0.4) is 0 Å². The molecule has 1 amide bonds. The molecule has 0 aliphatic carbocycles. The molecule has 0 aliphatic rings. The van der Waals surface area contributed by atoms with E-state index in [1.165, 1.54) is 32.1 Å². The molecule has 0 unspecified atom stereocenters. The number of hydrogen-bond acceptors (Lipinski definition) is 3. The van der Waals surface area contributed by atoms with Crippen molar-refractivity contribution in [3.63, 3.8) is 0 Å². The summed E-state index contributed by atoms with van der Waals surface area (Å²) in [6, 6.07) is 0. The normalized spacial score (nSPS) is 9.94. The van der Waals surface area contributed by atoms with E-state index in [1.54, 1.807) is 0 Å². The van der Waals surface area contributed by atoms with Gasteiger partial charge in [-0.2, -0.15) is 0 Å². The predicted molar refractivity (Wildman–Crippen MR) is 65.0 cm³/mol. The summed E-state index contributed by atoms with van der Waals surface area (Å²) in [6.45, 7) is 2.15. The molecular formula is C12H23NO4. The van der Waals surface area contributed by atoms with Crippen molar-refractivity contribution in [3.8, 4) is 0 Å². The second kappa shape index (κ2) is 11.2. The quantitative estimate of drug-likeness (QED) is 0.580. The van der Waals surface area contributed by atoms with Gasteiger partial charge in [-0.1, -0.05) is 45.4 Å². The molecule has 0 fully saturated rings. The number of unbranched alkanes of at least 4 members (excludes halogenated alkanes) is 6. The van der Waals surface area contributed by atoms with Crippen molar-refractivity contribution in [2.45, 2.75) is 51.9 Å². The third kappa shape index (κ3) is 12.7. The summed E-state index contributed by atoms with van der Waals surface area (Å²) >= 11 is 0. The zero-order valence-electron chi connectivity index (χ0n) is 10.5. The molecule has 0 aromatic rings. The number of hydrogen-bond donors (Lipinski definition) is 2.